The van der Waals surface area contributed by atoms with E-state index in [1.54, 1.807) is 17.8 Å². The minimum absolute atomic E-state index is 0.246. The molecule has 0 aliphatic carbocycles. The summed E-state index contributed by atoms with van der Waals surface area (Å²) < 4.78 is 1.71. The summed E-state index contributed by atoms with van der Waals surface area (Å²) in [6.45, 7) is 4.88. The Labute approximate surface area is 112 Å². The van der Waals surface area contributed by atoms with E-state index in [1.807, 2.05) is 6.92 Å². The number of carboxylic acid groups (broad SMARTS) is 1. The van der Waals surface area contributed by atoms with Gasteiger partial charge in [0.2, 0.25) is 0 Å². The summed E-state index contributed by atoms with van der Waals surface area (Å²) in [6, 6.07) is 0. The van der Waals surface area contributed by atoms with Gasteiger partial charge in [-0.25, -0.2) is 4.79 Å². The largest absolute Gasteiger partial charge is 0.480 e. The summed E-state index contributed by atoms with van der Waals surface area (Å²) >= 11 is 0. The van der Waals surface area contributed by atoms with Crippen molar-refractivity contribution in [1.29, 1.82) is 0 Å². The lowest BCUT2D eigenvalue weighted by atomic mass is 9.99. The Morgan fingerprint density at radius 1 is 1.53 bits per heavy atom. The third-order valence-corrected chi connectivity index (χ3v) is 3.68. The van der Waals surface area contributed by atoms with Gasteiger partial charge in [-0.1, -0.05) is 6.92 Å². The van der Waals surface area contributed by atoms with Gasteiger partial charge in [-0.05, 0) is 26.2 Å². The molecule has 1 saturated heterocycles. The topological polar surface area (TPSA) is 75.4 Å². The number of rotatable bonds is 4. The Kier molecular flexibility index (Phi) is 3.59. The molecule has 0 spiro atoms. The Morgan fingerprint density at radius 2 is 2.26 bits per heavy atom. The number of aliphatic carboxylic acids is 1. The Hall–Kier alpha value is -1.85. The van der Waals surface area contributed by atoms with Crippen LogP contribution < -0.4 is 0 Å². The van der Waals surface area contributed by atoms with Gasteiger partial charge >= 0.3 is 5.97 Å². The van der Waals surface area contributed by atoms with Gasteiger partial charge in [0, 0.05) is 19.3 Å². The van der Waals surface area contributed by atoms with E-state index in [1.165, 1.54) is 11.1 Å². The van der Waals surface area contributed by atoms with Crippen molar-refractivity contribution in [1.82, 2.24) is 14.7 Å². The van der Waals surface area contributed by atoms with Gasteiger partial charge in [-0.3, -0.25) is 9.48 Å². The molecule has 1 unspecified atom stereocenters. The molecule has 2 heterocycles. The van der Waals surface area contributed by atoms with Crippen LogP contribution in [-0.2, 0) is 11.3 Å². The van der Waals surface area contributed by atoms with Crippen molar-refractivity contribution in [3.63, 3.8) is 0 Å². The second kappa shape index (κ2) is 5.03. The highest BCUT2D eigenvalue weighted by molar-refractivity contribution is 5.97. The Balaban J connectivity index is 2.20. The minimum atomic E-state index is -1.09. The Morgan fingerprint density at radius 3 is 2.89 bits per heavy atom. The van der Waals surface area contributed by atoms with Crippen molar-refractivity contribution >= 4 is 11.9 Å². The predicted molar refractivity (Wildman–Crippen MR) is 68.8 cm³/mol. The molecule has 1 aliphatic heterocycles. The first-order valence-electron chi connectivity index (χ1n) is 6.57. The van der Waals surface area contributed by atoms with Crippen LogP contribution in [0, 0.1) is 0 Å². The second-order valence-corrected chi connectivity index (χ2v) is 5.13. The van der Waals surface area contributed by atoms with Crippen molar-refractivity contribution in [3.05, 3.63) is 18.0 Å². The number of hydrogen-bond donors (Lipinski definition) is 1. The van der Waals surface area contributed by atoms with Gasteiger partial charge in [0.15, 0.2) is 0 Å². The van der Waals surface area contributed by atoms with Gasteiger partial charge < -0.3 is 10.0 Å². The summed E-state index contributed by atoms with van der Waals surface area (Å²) in [7, 11) is 0. The summed E-state index contributed by atoms with van der Waals surface area (Å²) in [5, 5.41) is 13.4. The number of aryl methyl sites for hydroxylation is 1. The van der Waals surface area contributed by atoms with Crippen LogP contribution in [0.25, 0.3) is 0 Å². The molecule has 1 aromatic rings. The number of carbonyl (C=O) groups is 2. The van der Waals surface area contributed by atoms with Crippen LogP contribution in [0.4, 0.5) is 0 Å². The first-order valence-corrected chi connectivity index (χ1v) is 6.57. The zero-order valence-electron chi connectivity index (χ0n) is 11.3. The van der Waals surface area contributed by atoms with Crippen LogP contribution in [0.5, 0.6) is 0 Å². The molecule has 1 atom stereocenters. The second-order valence-electron chi connectivity index (χ2n) is 5.13. The highest BCUT2D eigenvalue weighted by atomic mass is 16.4. The van der Waals surface area contributed by atoms with Crippen LogP contribution in [0.15, 0.2) is 12.4 Å². The van der Waals surface area contributed by atoms with E-state index in [2.05, 4.69) is 5.10 Å². The fourth-order valence-corrected chi connectivity index (χ4v) is 2.49. The fraction of sp³-hybridized carbons (Fsp3) is 0.615. The summed E-state index contributed by atoms with van der Waals surface area (Å²) in [5.74, 6) is -1.19. The lowest BCUT2D eigenvalue weighted by Crippen LogP contribution is -2.50. The summed E-state index contributed by atoms with van der Waals surface area (Å²) in [6.07, 6.45) is 5.35. The number of carboxylic acids is 1. The molecular weight excluding hydrogens is 246 g/mol. The molecule has 104 valence electrons. The maximum atomic E-state index is 12.4. The van der Waals surface area contributed by atoms with E-state index in [4.69, 9.17) is 0 Å². The normalized spacial score (nSPS) is 22.7. The van der Waals surface area contributed by atoms with Crippen LogP contribution in [0.3, 0.4) is 0 Å². The minimum Gasteiger partial charge on any atom is -0.480 e. The smallest absolute Gasteiger partial charge is 0.329 e. The highest BCUT2D eigenvalue weighted by Crippen LogP contribution is 2.30. The summed E-state index contributed by atoms with van der Waals surface area (Å²) in [4.78, 5) is 25.2. The third-order valence-electron chi connectivity index (χ3n) is 3.68. The van der Waals surface area contributed by atoms with Crippen LogP contribution in [0.2, 0.25) is 0 Å². The molecule has 1 fully saturated rings. The standard InChI is InChI=1S/C13H19N3O3/c1-3-6-15-9-10(8-14-15)11(17)16-7-4-5-13(16,2)12(18)19/h8-9H,3-7H2,1-2H3,(H,18,19). The number of carbonyl (C=O) groups excluding carboxylic acids is 1. The SMILES string of the molecule is CCCn1cc(C(=O)N2CCCC2(C)C(=O)O)cn1. The number of nitrogens with zero attached hydrogens (tertiary/aromatic N) is 3. The maximum Gasteiger partial charge on any atom is 0.329 e. The zero-order chi connectivity index (χ0) is 14.0. The highest BCUT2D eigenvalue weighted by Gasteiger charge is 2.46. The molecule has 0 radical (unpaired) electrons. The first-order chi connectivity index (χ1) is 8.99. The molecule has 0 saturated carbocycles. The van der Waals surface area contributed by atoms with Gasteiger partial charge in [0.1, 0.15) is 5.54 Å². The predicted octanol–water partition coefficient (Wildman–Crippen LogP) is 1.37. The molecule has 6 nitrogen and oxygen atoms in total. The molecule has 1 amide bonds. The van der Waals surface area contributed by atoms with Crippen molar-refractivity contribution in [3.8, 4) is 0 Å². The lowest BCUT2D eigenvalue weighted by Gasteiger charge is -2.30. The van der Waals surface area contributed by atoms with E-state index in [9.17, 15) is 14.7 Å². The molecule has 0 bridgehead atoms. The quantitative estimate of drug-likeness (QED) is 0.892. The van der Waals surface area contributed by atoms with Crippen LogP contribution >= 0.6 is 0 Å². The maximum absolute atomic E-state index is 12.4. The van der Waals surface area contributed by atoms with Crippen LogP contribution in [-0.4, -0.2) is 43.7 Å². The van der Waals surface area contributed by atoms with Gasteiger partial charge in [-0.2, -0.15) is 5.10 Å². The average molecular weight is 265 g/mol. The lowest BCUT2D eigenvalue weighted by molar-refractivity contribution is -0.147. The number of hydrogen-bond acceptors (Lipinski definition) is 3. The van der Waals surface area contributed by atoms with E-state index in [0.29, 0.717) is 18.5 Å². The molecule has 1 aliphatic rings. The van der Waals surface area contributed by atoms with E-state index >= 15 is 0 Å². The molecule has 19 heavy (non-hydrogen) atoms. The van der Waals surface area contributed by atoms with E-state index in [0.717, 1.165) is 19.4 Å². The van der Waals surface area contributed by atoms with Gasteiger partial charge in [0.05, 0.1) is 11.8 Å². The van der Waals surface area contributed by atoms with Crippen LogP contribution in [0.1, 0.15) is 43.5 Å². The number of likely N-dealkylation sites (tertiary alicyclic amines) is 1. The van der Waals surface area contributed by atoms with E-state index < -0.39 is 11.5 Å². The molecule has 0 aromatic carbocycles. The fourth-order valence-electron chi connectivity index (χ4n) is 2.49. The van der Waals surface area contributed by atoms with E-state index in [-0.39, 0.29) is 5.91 Å². The first kappa shape index (κ1) is 13.6. The van der Waals surface area contributed by atoms with Crippen molar-refractivity contribution in [2.24, 2.45) is 0 Å². The molecule has 1 N–H and O–H groups in total. The molecule has 2 rings (SSSR count). The van der Waals surface area contributed by atoms with Crippen molar-refractivity contribution in [2.75, 3.05) is 6.54 Å². The zero-order valence-corrected chi connectivity index (χ0v) is 11.3. The molecule has 6 heteroatoms. The van der Waals surface area contributed by atoms with Crippen molar-refractivity contribution < 1.29 is 14.7 Å². The molecule has 1 aromatic heterocycles. The number of amides is 1. The monoisotopic (exact) mass is 265 g/mol. The van der Waals surface area contributed by atoms with Gasteiger partial charge in [-0.15, -0.1) is 0 Å². The Bertz CT molecular complexity index is 497. The van der Waals surface area contributed by atoms with Crippen molar-refractivity contribution in [2.45, 2.75) is 45.2 Å². The summed E-state index contributed by atoms with van der Waals surface area (Å²) in [5.41, 5.74) is -0.632. The van der Waals surface area contributed by atoms with Gasteiger partial charge in [0.25, 0.3) is 5.91 Å². The average Bonchev–Trinajstić information content (AvgIpc) is 2.96. The molecular formula is C13H19N3O3. The number of aromatic nitrogens is 2. The third kappa shape index (κ3) is 2.34.